The minimum absolute atomic E-state index is 0.0698. The van der Waals surface area contributed by atoms with Gasteiger partial charge in [-0.25, -0.2) is 8.42 Å². The summed E-state index contributed by atoms with van der Waals surface area (Å²) < 4.78 is 27.3. The first-order chi connectivity index (χ1) is 13.9. The molecule has 29 heavy (non-hydrogen) atoms. The van der Waals surface area contributed by atoms with Crippen LogP contribution in [-0.2, 0) is 14.8 Å². The highest BCUT2D eigenvalue weighted by atomic mass is 32.2. The molecule has 0 unspecified atom stereocenters. The molecule has 1 aromatic carbocycles. The summed E-state index contributed by atoms with van der Waals surface area (Å²) in [5, 5.41) is 3.05. The maximum Gasteiger partial charge on any atom is 0.243 e. The van der Waals surface area contributed by atoms with Crippen molar-refractivity contribution in [3.05, 3.63) is 29.8 Å². The number of nitrogens with one attached hydrogen (secondary N) is 1. The third kappa shape index (κ3) is 5.80. The largest absolute Gasteiger partial charge is 0.355 e. The van der Waals surface area contributed by atoms with Crippen LogP contribution in [0, 0.1) is 5.92 Å². The standard InChI is InChI=1S/C22H35N3O3S/c1-18(2)19-6-8-21(9-7-19)29(27,28)25-15-10-20(11-16-25)22(26)23-12-17-24-13-4-3-5-14-24/h6-9,18,20H,3-5,10-17H2,1-2H3,(H,23,26). The summed E-state index contributed by atoms with van der Waals surface area (Å²) in [6, 6.07) is 7.17. The number of hydrogen-bond acceptors (Lipinski definition) is 4. The predicted molar refractivity (Wildman–Crippen MR) is 115 cm³/mol. The smallest absolute Gasteiger partial charge is 0.243 e. The van der Waals surface area contributed by atoms with Crippen molar-refractivity contribution in [3.8, 4) is 0 Å². The maximum absolute atomic E-state index is 12.9. The molecule has 2 heterocycles. The van der Waals surface area contributed by atoms with Gasteiger partial charge in [0.15, 0.2) is 0 Å². The number of nitrogens with zero attached hydrogens (tertiary/aromatic N) is 2. The van der Waals surface area contributed by atoms with Crippen LogP contribution in [0.4, 0.5) is 0 Å². The monoisotopic (exact) mass is 421 g/mol. The molecule has 2 aliphatic rings. The number of carbonyl (C=O) groups is 1. The van der Waals surface area contributed by atoms with Gasteiger partial charge in [-0.1, -0.05) is 32.4 Å². The first-order valence-corrected chi connectivity index (χ1v) is 12.4. The Balaban J connectivity index is 1.46. The minimum Gasteiger partial charge on any atom is -0.355 e. The quantitative estimate of drug-likeness (QED) is 0.735. The van der Waals surface area contributed by atoms with Crippen molar-refractivity contribution in [2.24, 2.45) is 5.92 Å². The Morgan fingerprint density at radius 2 is 1.66 bits per heavy atom. The number of rotatable bonds is 7. The highest BCUT2D eigenvalue weighted by Crippen LogP contribution is 2.25. The zero-order valence-electron chi connectivity index (χ0n) is 17.8. The zero-order chi connectivity index (χ0) is 20.9. The molecule has 7 heteroatoms. The molecule has 0 aromatic heterocycles. The van der Waals surface area contributed by atoms with Crippen LogP contribution in [0.2, 0.25) is 0 Å². The number of carbonyl (C=O) groups excluding carboxylic acids is 1. The number of amides is 1. The van der Waals surface area contributed by atoms with E-state index in [1.807, 2.05) is 12.1 Å². The molecule has 2 fully saturated rings. The molecule has 0 bridgehead atoms. The fraction of sp³-hybridized carbons (Fsp3) is 0.682. The second-order valence-electron chi connectivity index (χ2n) is 8.60. The van der Waals surface area contributed by atoms with E-state index in [1.165, 1.54) is 23.6 Å². The molecule has 0 radical (unpaired) electrons. The van der Waals surface area contributed by atoms with Gasteiger partial charge in [-0.05, 0) is 62.4 Å². The summed E-state index contributed by atoms with van der Waals surface area (Å²) in [5.74, 6) is 0.349. The first-order valence-electron chi connectivity index (χ1n) is 11.0. The number of benzene rings is 1. The van der Waals surface area contributed by atoms with Gasteiger partial charge in [-0.3, -0.25) is 4.79 Å². The Morgan fingerprint density at radius 1 is 1.03 bits per heavy atom. The van der Waals surface area contributed by atoms with E-state index in [4.69, 9.17) is 0 Å². The predicted octanol–water partition coefficient (Wildman–Crippen LogP) is 2.81. The number of hydrogen-bond donors (Lipinski definition) is 1. The van der Waals surface area contributed by atoms with Gasteiger partial charge in [0, 0.05) is 32.1 Å². The van der Waals surface area contributed by atoms with E-state index in [0.29, 0.717) is 43.3 Å². The number of likely N-dealkylation sites (tertiary alicyclic amines) is 1. The van der Waals surface area contributed by atoms with Crippen LogP contribution >= 0.6 is 0 Å². The van der Waals surface area contributed by atoms with Gasteiger partial charge < -0.3 is 10.2 Å². The van der Waals surface area contributed by atoms with Crippen LogP contribution in [0.3, 0.4) is 0 Å². The van der Waals surface area contributed by atoms with Crippen LogP contribution in [0.1, 0.15) is 57.4 Å². The van der Waals surface area contributed by atoms with E-state index in [2.05, 4.69) is 24.1 Å². The highest BCUT2D eigenvalue weighted by Gasteiger charge is 2.32. The average molecular weight is 422 g/mol. The van der Waals surface area contributed by atoms with Crippen LogP contribution in [0.5, 0.6) is 0 Å². The lowest BCUT2D eigenvalue weighted by Crippen LogP contribution is -2.44. The van der Waals surface area contributed by atoms with Gasteiger partial charge in [-0.2, -0.15) is 4.31 Å². The topological polar surface area (TPSA) is 69.7 Å². The summed E-state index contributed by atoms with van der Waals surface area (Å²) in [6.45, 7) is 8.83. The fourth-order valence-corrected chi connectivity index (χ4v) is 5.67. The van der Waals surface area contributed by atoms with E-state index in [1.54, 1.807) is 12.1 Å². The molecule has 0 atom stereocenters. The molecule has 1 N–H and O–H groups in total. The Kier molecular flexibility index (Phi) is 7.71. The average Bonchev–Trinajstić information content (AvgIpc) is 2.74. The first kappa shape index (κ1) is 22.2. The molecular formula is C22H35N3O3S. The van der Waals surface area contributed by atoms with E-state index in [9.17, 15) is 13.2 Å². The van der Waals surface area contributed by atoms with Crippen molar-refractivity contribution < 1.29 is 13.2 Å². The van der Waals surface area contributed by atoms with Gasteiger partial charge in [0.25, 0.3) is 0 Å². The highest BCUT2D eigenvalue weighted by molar-refractivity contribution is 7.89. The SMILES string of the molecule is CC(C)c1ccc(S(=O)(=O)N2CCC(C(=O)NCCN3CCCCC3)CC2)cc1. The van der Waals surface area contributed by atoms with Gasteiger partial charge in [0.2, 0.25) is 15.9 Å². The minimum atomic E-state index is -3.49. The Labute approximate surface area is 175 Å². The molecule has 162 valence electrons. The van der Waals surface area contributed by atoms with E-state index < -0.39 is 10.0 Å². The summed E-state index contributed by atoms with van der Waals surface area (Å²) in [4.78, 5) is 15.2. The van der Waals surface area contributed by atoms with E-state index >= 15 is 0 Å². The fourth-order valence-electron chi connectivity index (χ4n) is 4.20. The van der Waals surface area contributed by atoms with Gasteiger partial charge in [-0.15, -0.1) is 0 Å². The molecule has 1 amide bonds. The van der Waals surface area contributed by atoms with Crippen molar-refractivity contribution in [1.29, 1.82) is 0 Å². The van der Waals surface area contributed by atoms with Crippen molar-refractivity contribution in [2.45, 2.75) is 56.8 Å². The lowest BCUT2D eigenvalue weighted by Gasteiger charge is -2.31. The van der Waals surface area contributed by atoms with Gasteiger partial charge >= 0.3 is 0 Å². The molecular weight excluding hydrogens is 386 g/mol. The summed E-state index contributed by atoms with van der Waals surface area (Å²) in [5.41, 5.74) is 1.13. The van der Waals surface area contributed by atoms with Crippen molar-refractivity contribution >= 4 is 15.9 Å². The van der Waals surface area contributed by atoms with Gasteiger partial charge in [0.1, 0.15) is 0 Å². The third-order valence-corrected chi connectivity index (χ3v) is 8.10. The summed E-state index contributed by atoms with van der Waals surface area (Å²) in [6.07, 6.45) is 4.98. The Bertz CT molecular complexity index is 763. The van der Waals surface area contributed by atoms with Crippen molar-refractivity contribution in [3.63, 3.8) is 0 Å². The number of piperidine rings is 2. The normalized spacial score (nSPS) is 20.1. The molecule has 0 saturated carbocycles. The summed E-state index contributed by atoms with van der Waals surface area (Å²) >= 11 is 0. The molecule has 2 saturated heterocycles. The lowest BCUT2D eigenvalue weighted by atomic mass is 9.97. The van der Waals surface area contributed by atoms with Crippen LogP contribution in [-0.4, -0.2) is 62.8 Å². The molecule has 0 aliphatic carbocycles. The molecule has 1 aromatic rings. The van der Waals surface area contributed by atoms with Crippen LogP contribution in [0.15, 0.2) is 29.2 Å². The molecule has 2 aliphatic heterocycles. The summed E-state index contributed by atoms with van der Waals surface area (Å²) in [7, 11) is -3.49. The molecule has 3 rings (SSSR count). The number of sulfonamides is 1. The van der Waals surface area contributed by atoms with Gasteiger partial charge in [0.05, 0.1) is 4.90 Å². The molecule has 6 nitrogen and oxygen atoms in total. The van der Waals surface area contributed by atoms with Crippen molar-refractivity contribution in [1.82, 2.24) is 14.5 Å². The zero-order valence-corrected chi connectivity index (χ0v) is 18.6. The van der Waals surface area contributed by atoms with Crippen LogP contribution < -0.4 is 5.32 Å². The van der Waals surface area contributed by atoms with E-state index in [-0.39, 0.29) is 11.8 Å². The van der Waals surface area contributed by atoms with E-state index in [0.717, 1.165) is 25.2 Å². The maximum atomic E-state index is 12.9. The molecule has 0 spiro atoms. The third-order valence-electron chi connectivity index (χ3n) is 6.19. The second-order valence-corrected chi connectivity index (χ2v) is 10.5. The van der Waals surface area contributed by atoms with Crippen LogP contribution in [0.25, 0.3) is 0 Å². The Hall–Kier alpha value is -1.44. The van der Waals surface area contributed by atoms with Crippen molar-refractivity contribution in [2.75, 3.05) is 39.3 Å². The second kappa shape index (κ2) is 10.0. The Morgan fingerprint density at radius 3 is 2.24 bits per heavy atom. The lowest BCUT2D eigenvalue weighted by molar-refractivity contribution is -0.126.